The van der Waals surface area contributed by atoms with Crippen molar-refractivity contribution in [1.82, 2.24) is 19.4 Å². The molecule has 0 bridgehead atoms. The summed E-state index contributed by atoms with van der Waals surface area (Å²) in [5.41, 5.74) is 0.660. The van der Waals surface area contributed by atoms with E-state index in [0.29, 0.717) is 11.5 Å². The zero-order valence-corrected chi connectivity index (χ0v) is 12.3. The van der Waals surface area contributed by atoms with Crippen LogP contribution in [0.5, 0.6) is 0 Å². The molecule has 2 aromatic heterocycles. The van der Waals surface area contributed by atoms with Gasteiger partial charge < -0.3 is 4.90 Å². The van der Waals surface area contributed by atoms with Crippen LogP contribution in [0.1, 0.15) is 36.5 Å². The Morgan fingerprint density at radius 3 is 2.86 bits per heavy atom. The van der Waals surface area contributed by atoms with Crippen molar-refractivity contribution < 1.29 is 4.79 Å². The van der Waals surface area contributed by atoms with E-state index in [1.165, 1.54) is 12.8 Å². The van der Waals surface area contributed by atoms with Gasteiger partial charge in [-0.1, -0.05) is 6.92 Å². The monoisotopic (exact) mass is 284 g/mol. The van der Waals surface area contributed by atoms with Crippen LogP contribution >= 0.6 is 0 Å². The van der Waals surface area contributed by atoms with E-state index >= 15 is 0 Å². The van der Waals surface area contributed by atoms with E-state index in [2.05, 4.69) is 16.9 Å². The summed E-state index contributed by atoms with van der Waals surface area (Å²) in [5.74, 6) is 1.57. The second-order valence-electron chi connectivity index (χ2n) is 5.57. The minimum Gasteiger partial charge on any atom is -0.338 e. The maximum absolute atomic E-state index is 12.6. The van der Waals surface area contributed by atoms with Crippen LogP contribution in [0.2, 0.25) is 0 Å². The first-order valence-electron chi connectivity index (χ1n) is 7.51. The largest absolute Gasteiger partial charge is 0.338 e. The van der Waals surface area contributed by atoms with Gasteiger partial charge in [0, 0.05) is 31.7 Å². The van der Waals surface area contributed by atoms with Crippen LogP contribution < -0.4 is 0 Å². The first-order valence-corrected chi connectivity index (χ1v) is 7.51. The molecule has 0 aliphatic heterocycles. The number of carbonyl (C=O) groups excluding carboxylic acids is 1. The molecule has 0 N–H and O–H groups in total. The highest BCUT2D eigenvalue weighted by Crippen LogP contribution is 2.30. The summed E-state index contributed by atoms with van der Waals surface area (Å²) in [5, 5.41) is 0. The third-order valence-corrected chi connectivity index (χ3v) is 3.72. The van der Waals surface area contributed by atoms with Crippen LogP contribution in [0, 0.1) is 5.92 Å². The van der Waals surface area contributed by atoms with Crippen molar-refractivity contribution in [3.63, 3.8) is 0 Å². The fourth-order valence-electron chi connectivity index (χ4n) is 2.40. The van der Waals surface area contributed by atoms with Crippen molar-refractivity contribution in [1.29, 1.82) is 0 Å². The summed E-state index contributed by atoms with van der Waals surface area (Å²) >= 11 is 0. The number of aromatic nitrogens is 3. The summed E-state index contributed by atoms with van der Waals surface area (Å²) in [6.07, 6.45) is 10.4. The number of hydrogen-bond acceptors (Lipinski definition) is 3. The van der Waals surface area contributed by atoms with E-state index in [0.717, 1.165) is 25.3 Å². The lowest BCUT2D eigenvalue weighted by atomic mass is 10.2. The van der Waals surface area contributed by atoms with Gasteiger partial charge in [0.15, 0.2) is 0 Å². The Labute approximate surface area is 124 Å². The number of hydrogen-bond donors (Lipinski definition) is 0. The van der Waals surface area contributed by atoms with Gasteiger partial charge in [0.1, 0.15) is 12.1 Å². The standard InChI is InChI=1S/C16H20N4O/c1-2-8-19(11-13-3-4-13)16(21)14-5-6-15(18-10-14)20-9-7-17-12-20/h5-7,9-10,12-13H,2-4,8,11H2,1H3. The van der Waals surface area contributed by atoms with Crippen molar-refractivity contribution in [2.45, 2.75) is 26.2 Å². The molecule has 1 aliphatic rings. The van der Waals surface area contributed by atoms with Crippen LogP contribution in [-0.4, -0.2) is 38.4 Å². The maximum Gasteiger partial charge on any atom is 0.255 e. The summed E-state index contributed by atoms with van der Waals surface area (Å²) < 4.78 is 1.82. The Morgan fingerprint density at radius 2 is 2.29 bits per heavy atom. The highest BCUT2D eigenvalue weighted by Gasteiger charge is 2.26. The predicted molar refractivity (Wildman–Crippen MR) is 80.3 cm³/mol. The molecular weight excluding hydrogens is 264 g/mol. The predicted octanol–water partition coefficient (Wildman–Crippen LogP) is 2.53. The highest BCUT2D eigenvalue weighted by molar-refractivity contribution is 5.94. The molecule has 21 heavy (non-hydrogen) atoms. The van der Waals surface area contributed by atoms with Gasteiger partial charge in [-0.05, 0) is 37.3 Å². The first kappa shape index (κ1) is 13.8. The minimum absolute atomic E-state index is 0.0911. The van der Waals surface area contributed by atoms with E-state index in [1.807, 2.05) is 27.8 Å². The van der Waals surface area contributed by atoms with Crippen molar-refractivity contribution in [3.8, 4) is 5.82 Å². The first-order chi connectivity index (χ1) is 10.3. The fourth-order valence-corrected chi connectivity index (χ4v) is 2.40. The zero-order chi connectivity index (χ0) is 14.7. The molecule has 5 heteroatoms. The Bertz CT molecular complexity index is 587. The highest BCUT2D eigenvalue weighted by atomic mass is 16.2. The Morgan fingerprint density at radius 1 is 1.43 bits per heavy atom. The minimum atomic E-state index is 0.0911. The summed E-state index contributed by atoms with van der Waals surface area (Å²) in [6, 6.07) is 3.70. The summed E-state index contributed by atoms with van der Waals surface area (Å²) in [4.78, 5) is 22.9. The van der Waals surface area contributed by atoms with E-state index < -0.39 is 0 Å². The SMILES string of the molecule is CCCN(CC1CC1)C(=O)c1ccc(-n2ccnc2)nc1. The average Bonchev–Trinajstić information content (AvgIpc) is 3.16. The lowest BCUT2D eigenvalue weighted by Crippen LogP contribution is -2.33. The molecule has 0 spiro atoms. The molecule has 2 heterocycles. The van der Waals surface area contributed by atoms with Gasteiger partial charge in [-0.25, -0.2) is 9.97 Å². The summed E-state index contributed by atoms with van der Waals surface area (Å²) in [6.45, 7) is 3.81. The molecule has 0 atom stereocenters. The molecule has 0 radical (unpaired) electrons. The van der Waals surface area contributed by atoms with Crippen molar-refractivity contribution >= 4 is 5.91 Å². The molecule has 1 fully saturated rings. The average molecular weight is 284 g/mol. The third-order valence-electron chi connectivity index (χ3n) is 3.72. The van der Waals surface area contributed by atoms with Gasteiger partial charge in [0.25, 0.3) is 5.91 Å². The number of amides is 1. The zero-order valence-electron chi connectivity index (χ0n) is 12.3. The molecule has 0 unspecified atom stereocenters. The van der Waals surface area contributed by atoms with Gasteiger partial charge in [-0.2, -0.15) is 0 Å². The number of pyridine rings is 1. The molecule has 3 rings (SSSR count). The molecule has 1 aliphatic carbocycles. The van der Waals surface area contributed by atoms with Crippen LogP contribution in [0.25, 0.3) is 5.82 Å². The second-order valence-corrected chi connectivity index (χ2v) is 5.57. The number of carbonyl (C=O) groups is 1. The molecular formula is C16H20N4O. The molecule has 2 aromatic rings. The van der Waals surface area contributed by atoms with Gasteiger partial charge in [0.05, 0.1) is 5.56 Å². The van der Waals surface area contributed by atoms with Crippen LogP contribution in [-0.2, 0) is 0 Å². The number of rotatable bonds is 6. The Hall–Kier alpha value is -2.17. The third kappa shape index (κ3) is 3.29. The molecule has 110 valence electrons. The molecule has 0 aromatic carbocycles. The summed E-state index contributed by atoms with van der Waals surface area (Å²) in [7, 11) is 0. The van der Waals surface area contributed by atoms with Crippen LogP contribution in [0.15, 0.2) is 37.1 Å². The molecule has 1 saturated carbocycles. The quantitative estimate of drug-likeness (QED) is 0.819. The lowest BCUT2D eigenvalue weighted by Gasteiger charge is -2.22. The normalized spacial score (nSPS) is 14.1. The van der Waals surface area contributed by atoms with Crippen LogP contribution in [0.4, 0.5) is 0 Å². The Balaban J connectivity index is 1.73. The van der Waals surface area contributed by atoms with Gasteiger partial charge >= 0.3 is 0 Å². The van der Waals surface area contributed by atoms with Crippen molar-refractivity contribution in [2.24, 2.45) is 5.92 Å². The molecule has 5 nitrogen and oxygen atoms in total. The molecule has 1 amide bonds. The van der Waals surface area contributed by atoms with E-state index in [4.69, 9.17) is 0 Å². The molecule has 0 saturated heterocycles. The van der Waals surface area contributed by atoms with Gasteiger partial charge in [-0.3, -0.25) is 9.36 Å². The Kier molecular flexibility index (Phi) is 3.99. The van der Waals surface area contributed by atoms with E-state index in [1.54, 1.807) is 18.7 Å². The van der Waals surface area contributed by atoms with E-state index in [-0.39, 0.29) is 5.91 Å². The smallest absolute Gasteiger partial charge is 0.255 e. The topological polar surface area (TPSA) is 51.0 Å². The lowest BCUT2D eigenvalue weighted by molar-refractivity contribution is 0.0747. The van der Waals surface area contributed by atoms with Crippen molar-refractivity contribution in [2.75, 3.05) is 13.1 Å². The maximum atomic E-state index is 12.6. The van der Waals surface area contributed by atoms with Crippen molar-refractivity contribution in [3.05, 3.63) is 42.6 Å². The van der Waals surface area contributed by atoms with Crippen LogP contribution in [0.3, 0.4) is 0 Å². The van der Waals surface area contributed by atoms with E-state index in [9.17, 15) is 4.79 Å². The van der Waals surface area contributed by atoms with Gasteiger partial charge in [-0.15, -0.1) is 0 Å². The number of imidazole rings is 1. The number of nitrogens with zero attached hydrogens (tertiary/aromatic N) is 4. The fraction of sp³-hybridized carbons (Fsp3) is 0.438. The van der Waals surface area contributed by atoms with Gasteiger partial charge in [0.2, 0.25) is 0 Å². The second kappa shape index (κ2) is 6.08.